The van der Waals surface area contributed by atoms with Gasteiger partial charge in [0.1, 0.15) is 5.75 Å². The minimum Gasteiger partial charge on any atom is -0.497 e. The van der Waals surface area contributed by atoms with E-state index in [9.17, 15) is 0 Å². The zero-order valence-electron chi connectivity index (χ0n) is 15.5. The van der Waals surface area contributed by atoms with Crippen LogP contribution in [0.5, 0.6) is 5.75 Å². The monoisotopic (exact) mass is 350 g/mol. The lowest BCUT2D eigenvalue weighted by atomic mass is 10.0. The lowest BCUT2D eigenvalue weighted by Crippen LogP contribution is -3.13. The summed E-state index contributed by atoms with van der Waals surface area (Å²) in [5.41, 5.74) is 0.987. The zero-order valence-corrected chi connectivity index (χ0v) is 16.3. The van der Waals surface area contributed by atoms with E-state index in [1.54, 1.807) is 12.0 Å². The third kappa shape index (κ3) is 5.64. The Balaban J connectivity index is 1.79. The molecule has 1 aromatic rings. The first kappa shape index (κ1) is 19.0. The average molecular weight is 351 g/mol. The summed E-state index contributed by atoms with van der Waals surface area (Å²) in [5, 5.41) is 4.16. The van der Waals surface area contributed by atoms with Crippen LogP contribution < -0.4 is 15.0 Å². The van der Waals surface area contributed by atoms with Crippen LogP contribution in [0, 0.1) is 5.92 Å². The van der Waals surface area contributed by atoms with Gasteiger partial charge in [0.15, 0.2) is 5.11 Å². The van der Waals surface area contributed by atoms with Crippen LogP contribution in [0.3, 0.4) is 0 Å². The molecule has 5 heteroatoms. The Bertz CT molecular complexity index is 527. The normalized spacial score (nSPS) is 17.0. The molecule has 1 heterocycles. The number of anilines is 1. The first-order valence-corrected chi connectivity index (χ1v) is 9.42. The van der Waals surface area contributed by atoms with Gasteiger partial charge in [0.05, 0.1) is 26.7 Å². The summed E-state index contributed by atoms with van der Waals surface area (Å²) in [4.78, 5) is 3.97. The maximum atomic E-state index is 5.59. The number of ether oxygens (including phenoxy) is 1. The fourth-order valence-electron chi connectivity index (χ4n) is 3.20. The standard InChI is InChI=1S/C19H31N3OS/c1-15(2)8-11-21(3)17-9-12-22(13-10-17)19(24)20-16-6-5-7-18(14-16)23-4/h5-7,14-15,17H,8-13H2,1-4H3,(H,20,24)/p+1. The van der Waals surface area contributed by atoms with Crippen LogP contribution in [0.2, 0.25) is 0 Å². The van der Waals surface area contributed by atoms with Gasteiger partial charge >= 0.3 is 0 Å². The van der Waals surface area contributed by atoms with Crippen molar-refractivity contribution >= 4 is 23.0 Å². The molecule has 0 aliphatic carbocycles. The number of methoxy groups -OCH3 is 1. The van der Waals surface area contributed by atoms with E-state index in [2.05, 4.69) is 31.1 Å². The molecule has 24 heavy (non-hydrogen) atoms. The third-order valence-corrected chi connectivity index (χ3v) is 5.28. The molecule has 0 spiro atoms. The highest BCUT2D eigenvalue weighted by Crippen LogP contribution is 2.18. The van der Waals surface area contributed by atoms with Crippen molar-refractivity contribution in [1.82, 2.24) is 4.90 Å². The van der Waals surface area contributed by atoms with Crippen LogP contribution in [0.15, 0.2) is 24.3 Å². The second-order valence-corrected chi connectivity index (χ2v) is 7.59. The number of rotatable bonds is 6. The van der Waals surface area contributed by atoms with E-state index in [1.165, 1.54) is 25.8 Å². The topological polar surface area (TPSA) is 28.9 Å². The third-order valence-electron chi connectivity index (χ3n) is 4.92. The lowest BCUT2D eigenvalue weighted by molar-refractivity contribution is -0.907. The largest absolute Gasteiger partial charge is 0.497 e. The fraction of sp³-hybridized carbons (Fsp3) is 0.632. The molecule has 1 fully saturated rings. The number of nitrogens with one attached hydrogen (secondary N) is 2. The van der Waals surface area contributed by atoms with Gasteiger partial charge in [0, 0.05) is 37.7 Å². The van der Waals surface area contributed by atoms with Gasteiger partial charge in [0.2, 0.25) is 0 Å². The molecule has 0 saturated carbocycles. The molecular formula is C19H32N3OS+. The highest BCUT2D eigenvalue weighted by molar-refractivity contribution is 7.80. The van der Waals surface area contributed by atoms with Gasteiger partial charge in [-0.05, 0) is 36.7 Å². The quantitative estimate of drug-likeness (QED) is 0.771. The van der Waals surface area contributed by atoms with Crippen LogP contribution in [0.1, 0.15) is 33.1 Å². The van der Waals surface area contributed by atoms with Gasteiger partial charge in [-0.25, -0.2) is 0 Å². The molecule has 0 aromatic heterocycles. The van der Waals surface area contributed by atoms with Gasteiger partial charge < -0.3 is 19.9 Å². The van der Waals surface area contributed by atoms with Crippen LogP contribution in [-0.4, -0.2) is 49.8 Å². The molecule has 134 valence electrons. The number of hydrogen-bond acceptors (Lipinski definition) is 2. The van der Waals surface area contributed by atoms with E-state index in [0.717, 1.165) is 41.6 Å². The minimum atomic E-state index is 0.764. The van der Waals surface area contributed by atoms with Crippen molar-refractivity contribution in [2.24, 2.45) is 5.92 Å². The molecule has 0 bridgehead atoms. The molecule has 0 radical (unpaired) electrons. The number of benzene rings is 1. The molecule has 1 saturated heterocycles. The second kappa shape index (κ2) is 9.23. The summed E-state index contributed by atoms with van der Waals surface area (Å²) in [6.07, 6.45) is 3.73. The van der Waals surface area contributed by atoms with Crippen molar-refractivity contribution < 1.29 is 9.64 Å². The molecule has 1 atom stereocenters. The van der Waals surface area contributed by atoms with Gasteiger partial charge in [-0.1, -0.05) is 19.9 Å². The predicted octanol–water partition coefficient (Wildman–Crippen LogP) is 2.42. The number of likely N-dealkylation sites (tertiary alicyclic amines) is 1. The molecular weight excluding hydrogens is 318 g/mol. The summed E-state index contributed by atoms with van der Waals surface area (Å²) in [7, 11) is 4.02. The van der Waals surface area contributed by atoms with Crippen molar-refractivity contribution in [3.8, 4) is 5.75 Å². The summed E-state index contributed by atoms with van der Waals surface area (Å²) in [5.74, 6) is 1.64. The Morgan fingerprint density at radius 2 is 2.08 bits per heavy atom. The molecule has 0 amide bonds. The smallest absolute Gasteiger partial charge is 0.173 e. The Kier molecular flexibility index (Phi) is 7.31. The minimum absolute atomic E-state index is 0.764. The Labute approximate surface area is 152 Å². The van der Waals surface area contributed by atoms with E-state index < -0.39 is 0 Å². The highest BCUT2D eigenvalue weighted by atomic mass is 32.1. The summed E-state index contributed by atoms with van der Waals surface area (Å²) in [6, 6.07) is 8.67. The average Bonchev–Trinajstić information content (AvgIpc) is 2.59. The van der Waals surface area contributed by atoms with Crippen molar-refractivity contribution in [2.75, 3.05) is 39.1 Å². The molecule has 1 aliphatic heterocycles. The molecule has 2 rings (SSSR count). The van der Waals surface area contributed by atoms with Crippen LogP contribution in [-0.2, 0) is 0 Å². The number of thiocarbonyl (C=S) groups is 1. The van der Waals surface area contributed by atoms with Gasteiger partial charge in [-0.15, -0.1) is 0 Å². The fourth-order valence-corrected chi connectivity index (χ4v) is 3.50. The molecule has 1 aliphatic rings. The first-order chi connectivity index (χ1) is 11.5. The molecule has 1 aromatic carbocycles. The van der Waals surface area contributed by atoms with Gasteiger partial charge in [0.25, 0.3) is 0 Å². The van der Waals surface area contributed by atoms with Crippen molar-refractivity contribution in [1.29, 1.82) is 0 Å². The summed E-state index contributed by atoms with van der Waals surface area (Å²) in [6.45, 7) is 7.96. The zero-order chi connectivity index (χ0) is 17.5. The molecule has 2 N–H and O–H groups in total. The Morgan fingerprint density at radius 3 is 2.71 bits per heavy atom. The van der Waals surface area contributed by atoms with Crippen LogP contribution in [0.4, 0.5) is 5.69 Å². The molecule has 4 nitrogen and oxygen atoms in total. The highest BCUT2D eigenvalue weighted by Gasteiger charge is 2.26. The van der Waals surface area contributed by atoms with Crippen molar-refractivity contribution in [3.63, 3.8) is 0 Å². The Hall–Kier alpha value is -1.33. The van der Waals surface area contributed by atoms with Gasteiger partial charge in [-0.2, -0.15) is 0 Å². The van der Waals surface area contributed by atoms with Gasteiger partial charge in [-0.3, -0.25) is 0 Å². The van der Waals surface area contributed by atoms with E-state index in [1.807, 2.05) is 24.3 Å². The summed E-state index contributed by atoms with van der Waals surface area (Å²) >= 11 is 5.59. The lowest BCUT2D eigenvalue weighted by Gasteiger charge is -2.36. The number of hydrogen-bond donors (Lipinski definition) is 2. The second-order valence-electron chi connectivity index (χ2n) is 7.20. The molecule has 1 unspecified atom stereocenters. The van der Waals surface area contributed by atoms with E-state index in [4.69, 9.17) is 17.0 Å². The van der Waals surface area contributed by atoms with Crippen LogP contribution >= 0.6 is 12.2 Å². The maximum Gasteiger partial charge on any atom is 0.173 e. The van der Waals surface area contributed by atoms with Crippen LogP contribution in [0.25, 0.3) is 0 Å². The number of quaternary nitrogens is 1. The van der Waals surface area contributed by atoms with E-state index >= 15 is 0 Å². The maximum absolute atomic E-state index is 5.59. The first-order valence-electron chi connectivity index (χ1n) is 9.02. The number of piperidine rings is 1. The SMILES string of the molecule is COc1cccc(NC(=S)N2CCC([NH+](C)CCC(C)C)CC2)c1. The van der Waals surface area contributed by atoms with Crippen molar-refractivity contribution in [3.05, 3.63) is 24.3 Å². The van der Waals surface area contributed by atoms with E-state index in [0.29, 0.717) is 0 Å². The van der Waals surface area contributed by atoms with Crippen molar-refractivity contribution in [2.45, 2.75) is 39.2 Å². The number of nitrogens with zero attached hydrogens (tertiary/aromatic N) is 1. The van der Waals surface area contributed by atoms with E-state index in [-0.39, 0.29) is 0 Å². The summed E-state index contributed by atoms with van der Waals surface area (Å²) < 4.78 is 5.26. The predicted molar refractivity (Wildman–Crippen MR) is 105 cm³/mol. The Morgan fingerprint density at radius 1 is 1.38 bits per heavy atom.